The molecule has 1 aromatic heterocycles. The number of aromatic nitrogens is 1. The van der Waals surface area contributed by atoms with Gasteiger partial charge in [0.25, 0.3) is 0 Å². The maximum Gasteiger partial charge on any atom is 0.243 e. The van der Waals surface area contributed by atoms with Crippen LogP contribution in [0.25, 0.3) is 16.8 Å². The number of amides is 1. The van der Waals surface area contributed by atoms with E-state index in [1.54, 1.807) is 34.9 Å². The van der Waals surface area contributed by atoms with Crippen LogP contribution in [0.15, 0.2) is 78.0 Å². The number of unbranched alkanes of at least 4 members (excludes halogenated alkanes) is 1. The number of rotatable bonds is 9. The second-order valence-corrected chi connectivity index (χ2v) is 10.3. The molecule has 178 valence electrons. The summed E-state index contributed by atoms with van der Waals surface area (Å²) in [5.74, 6) is -0.114. The topological polar surface area (TPSA) is 82.6 Å². The molecule has 0 spiro atoms. The van der Waals surface area contributed by atoms with Crippen molar-refractivity contribution in [2.75, 3.05) is 39.3 Å². The fourth-order valence-electron chi connectivity index (χ4n) is 4.05. The second-order valence-electron chi connectivity index (χ2n) is 8.37. The van der Waals surface area contributed by atoms with E-state index in [9.17, 15) is 13.2 Å². The Bertz CT molecular complexity index is 1240. The molecule has 7 nitrogen and oxygen atoms in total. The first-order valence-electron chi connectivity index (χ1n) is 11.6. The van der Waals surface area contributed by atoms with E-state index >= 15 is 0 Å². The van der Waals surface area contributed by atoms with Gasteiger partial charge in [-0.3, -0.25) is 9.78 Å². The molecule has 3 aromatic rings. The number of hydrogen-bond donors (Lipinski definition) is 1. The number of carbonyl (C=O) groups excluding carboxylic acids is 1. The number of benzene rings is 2. The van der Waals surface area contributed by atoms with Crippen molar-refractivity contribution in [3.63, 3.8) is 0 Å². The lowest BCUT2D eigenvalue weighted by molar-refractivity contribution is -0.116. The summed E-state index contributed by atoms with van der Waals surface area (Å²) < 4.78 is 27.8. The van der Waals surface area contributed by atoms with Crippen LogP contribution in [0.4, 0.5) is 0 Å². The van der Waals surface area contributed by atoms with Gasteiger partial charge < -0.3 is 10.2 Å². The minimum atomic E-state index is -3.49. The summed E-state index contributed by atoms with van der Waals surface area (Å²) in [4.78, 5) is 18.6. The molecule has 8 heteroatoms. The third kappa shape index (κ3) is 6.28. The first-order valence-corrected chi connectivity index (χ1v) is 13.0. The zero-order valence-electron chi connectivity index (χ0n) is 19.1. The molecule has 2 aromatic carbocycles. The molecule has 1 aliphatic rings. The minimum Gasteiger partial charge on any atom is -0.353 e. The zero-order chi connectivity index (χ0) is 23.8. The molecule has 1 N–H and O–H groups in total. The van der Waals surface area contributed by atoms with E-state index in [1.807, 2.05) is 42.5 Å². The molecule has 34 heavy (non-hydrogen) atoms. The maximum absolute atomic E-state index is 13.1. The standard InChI is InChI=1S/C26H30N4O3S/c31-26(12-9-22-6-5-13-27-21-22)28-14-3-4-15-29-16-18-30(19-17-29)34(32,33)25-11-10-23-7-1-2-8-24(23)20-25/h1-2,5-13,20-21H,3-4,14-19H2,(H,28,31)/b12-9-. The summed E-state index contributed by atoms with van der Waals surface area (Å²) in [5, 5.41) is 4.86. The van der Waals surface area contributed by atoms with Crippen LogP contribution in [-0.4, -0.2) is 67.8 Å². The van der Waals surface area contributed by atoms with E-state index in [2.05, 4.69) is 15.2 Å². The van der Waals surface area contributed by atoms with Crippen LogP contribution in [0, 0.1) is 0 Å². The number of fused-ring (bicyclic) bond motifs is 1. The van der Waals surface area contributed by atoms with Crippen LogP contribution in [0.2, 0.25) is 0 Å². The molecule has 1 amide bonds. The molecule has 1 aliphatic heterocycles. The SMILES string of the molecule is O=C(/C=C\c1cccnc1)NCCCCN1CCN(S(=O)(=O)c2ccc3ccccc3c2)CC1. The maximum atomic E-state index is 13.1. The Hall–Kier alpha value is -3.07. The van der Waals surface area contributed by atoms with Crippen molar-refractivity contribution in [2.45, 2.75) is 17.7 Å². The molecule has 0 radical (unpaired) electrons. The summed E-state index contributed by atoms with van der Waals surface area (Å²) in [6.45, 7) is 3.92. The molecule has 0 saturated carbocycles. The molecular weight excluding hydrogens is 448 g/mol. The number of carbonyl (C=O) groups is 1. The second kappa shape index (κ2) is 11.4. The van der Waals surface area contributed by atoms with E-state index in [0.717, 1.165) is 35.7 Å². The molecule has 2 heterocycles. The first-order chi connectivity index (χ1) is 16.5. The third-order valence-electron chi connectivity index (χ3n) is 6.00. The predicted octanol–water partition coefficient (Wildman–Crippen LogP) is 3.15. The molecule has 1 fully saturated rings. The highest BCUT2D eigenvalue weighted by atomic mass is 32.2. The van der Waals surface area contributed by atoms with E-state index in [4.69, 9.17) is 0 Å². The number of pyridine rings is 1. The minimum absolute atomic E-state index is 0.114. The molecule has 0 unspecified atom stereocenters. The van der Waals surface area contributed by atoms with Crippen LogP contribution in [0.5, 0.6) is 0 Å². The fourth-order valence-corrected chi connectivity index (χ4v) is 5.51. The van der Waals surface area contributed by atoms with Gasteiger partial charge in [0, 0.05) is 51.2 Å². The molecule has 1 saturated heterocycles. The Kier molecular flexibility index (Phi) is 8.05. The van der Waals surface area contributed by atoms with Gasteiger partial charge in [-0.05, 0) is 60.0 Å². The number of nitrogens with zero attached hydrogens (tertiary/aromatic N) is 3. The first kappa shape index (κ1) is 24.1. The number of piperazine rings is 1. The summed E-state index contributed by atoms with van der Waals surface area (Å²) in [5.41, 5.74) is 0.888. The van der Waals surface area contributed by atoms with Gasteiger partial charge in [-0.15, -0.1) is 0 Å². The summed E-state index contributed by atoms with van der Waals surface area (Å²) in [6.07, 6.45) is 8.49. The summed E-state index contributed by atoms with van der Waals surface area (Å²) in [7, 11) is -3.49. The highest BCUT2D eigenvalue weighted by molar-refractivity contribution is 7.89. The Labute approximate surface area is 201 Å². The smallest absolute Gasteiger partial charge is 0.243 e. The van der Waals surface area contributed by atoms with E-state index in [-0.39, 0.29) is 5.91 Å². The van der Waals surface area contributed by atoms with Crippen molar-refractivity contribution in [1.82, 2.24) is 19.5 Å². The van der Waals surface area contributed by atoms with Gasteiger partial charge in [-0.2, -0.15) is 4.31 Å². The van der Waals surface area contributed by atoms with Crippen LogP contribution in [0.3, 0.4) is 0 Å². The third-order valence-corrected chi connectivity index (χ3v) is 7.90. The van der Waals surface area contributed by atoms with Crippen LogP contribution in [0.1, 0.15) is 18.4 Å². The van der Waals surface area contributed by atoms with Crippen molar-refractivity contribution in [3.05, 3.63) is 78.6 Å². The van der Waals surface area contributed by atoms with Crippen LogP contribution < -0.4 is 5.32 Å². The van der Waals surface area contributed by atoms with Crippen molar-refractivity contribution in [2.24, 2.45) is 0 Å². The summed E-state index contributed by atoms with van der Waals surface area (Å²) in [6, 6.07) is 16.8. The van der Waals surface area contributed by atoms with E-state index in [0.29, 0.717) is 37.6 Å². The van der Waals surface area contributed by atoms with Crippen molar-refractivity contribution < 1.29 is 13.2 Å². The predicted molar refractivity (Wildman–Crippen MR) is 135 cm³/mol. The van der Waals surface area contributed by atoms with Crippen LogP contribution in [-0.2, 0) is 14.8 Å². The largest absolute Gasteiger partial charge is 0.353 e. The average molecular weight is 479 g/mol. The van der Waals surface area contributed by atoms with Gasteiger partial charge in [0.05, 0.1) is 4.90 Å². The van der Waals surface area contributed by atoms with Gasteiger partial charge in [-0.1, -0.05) is 36.4 Å². The highest BCUT2D eigenvalue weighted by Gasteiger charge is 2.28. The lowest BCUT2D eigenvalue weighted by Gasteiger charge is -2.34. The molecule has 0 bridgehead atoms. The Balaban J connectivity index is 1.17. The van der Waals surface area contributed by atoms with E-state index in [1.165, 1.54) is 6.08 Å². The van der Waals surface area contributed by atoms with Crippen molar-refractivity contribution in [3.8, 4) is 0 Å². The normalized spacial score (nSPS) is 15.6. The average Bonchev–Trinajstić information content (AvgIpc) is 2.88. The summed E-state index contributed by atoms with van der Waals surface area (Å²) >= 11 is 0. The quantitative estimate of drug-likeness (QED) is 0.377. The number of sulfonamides is 1. The molecule has 0 atom stereocenters. The van der Waals surface area contributed by atoms with Crippen molar-refractivity contribution in [1.29, 1.82) is 0 Å². The van der Waals surface area contributed by atoms with Gasteiger partial charge in [-0.25, -0.2) is 8.42 Å². The lowest BCUT2D eigenvalue weighted by Crippen LogP contribution is -2.48. The molecular formula is C26H30N4O3S. The zero-order valence-corrected chi connectivity index (χ0v) is 20.0. The monoisotopic (exact) mass is 478 g/mol. The number of nitrogens with one attached hydrogen (secondary N) is 1. The Morgan fingerprint density at radius 1 is 0.971 bits per heavy atom. The highest BCUT2D eigenvalue weighted by Crippen LogP contribution is 2.22. The van der Waals surface area contributed by atoms with Gasteiger partial charge in [0.15, 0.2) is 0 Å². The molecule has 0 aliphatic carbocycles. The molecule has 4 rings (SSSR count). The Morgan fingerprint density at radius 3 is 2.53 bits per heavy atom. The number of hydrogen-bond acceptors (Lipinski definition) is 5. The Morgan fingerprint density at radius 2 is 1.76 bits per heavy atom. The van der Waals surface area contributed by atoms with E-state index < -0.39 is 10.0 Å². The van der Waals surface area contributed by atoms with Crippen molar-refractivity contribution >= 4 is 32.8 Å². The van der Waals surface area contributed by atoms with Gasteiger partial charge >= 0.3 is 0 Å². The van der Waals surface area contributed by atoms with Gasteiger partial charge in [0.1, 0.15) is 0 Å². The van der Waals surface area contributed by atoms with Gasteiger partial charge in [0.2, 0.25) is 15.9 Å². The van der Waals surface area contributed by atoms with Crippen LogP contribution >= 0.6 is 0 Å². The fraction of sp³-hybridized carbons (Fsp3) is 0.308. The lowest BCUT2D eigenvalue weighted by atomic mass is 10.1.